The summed E-state index contributed by atoms with van der Waals surface area (Å²) < 4.78 is 0. The third-order valence-corrected chi connectivity index (χ3v) is 3.64. The van der Waals surface area contributed by atoms with Crippen LogP contribution in [0.15, 0.2) is 54.6 Å². The van der Waals surface area contributed by atoms with Crippen LogP contribution in [0.2, 0.25) is 0 Å². The summed E-state index contributed by atoms with van der Waals surface area (Å²) in [6, 6.07) is 15.1. The van der Waals surface area contributed by atoms with Crippen molar-refractivity contribution in [2.45, 2.75) is 26.8 Å². The lowest BCUT2D eigenvalue weighted by molar-refractivity contribution is -0.119. The molecule has 0 radical (unpaired) electrons. The molecule has 2 rings (SSSR count). The summed E-state index contributed by atoms with van der Waals surface area (Å²) in [6.07, 6.45) is 0. The number of benzene rings is 2. The van der Waals surface area contributed by atoms with Crippen molar-refractivity contribution in [2.75, 3.05) is 16.0 Å². The van der Waals surface area contributed by atoms with Crippen molar-refractivity contribution >= 4 is 41.4 Å². The molecule has 5 N–H and O–H groups in total. The zero-order valence-electron chi connectivity index (χ0n) is 15.1. The molecule has 0 unspecified atom stereocenters. The van der Waals surface area contributed by atoms with E-state index in [4.69, 9.17) is 5.73 Å². The summed E-state index contributed by atoms with van der Waals surface area (Å²) in [5.74, 6) is -0.265. The average Bonchev–Trinajstić information content (AvgIpc) is 2.54. The molecule has 6 nitrogen and oxygen atoms in total. The minimum atomic E-state index is -0.634. The highest BCUT2D eigenvalue weighted by atomic mass is 35.5. The first-order valence-electron chi connectivity index (χ1n) is 8.05. The smallest absolute Gasteiger partial charge is 0.323 e. The number of para-hydroxylation sites is 1. The van der Waals surface area contributed by atoms with E-state index >= 15 is 0 Å². The molecular formula is C19H25ClN4O2. The molecule has 0 fully saturated rings. The quantitative estimate of drug-likeness (QED) is 0.647. The number of amides is 3. The molecule has 2 aromatic rings. The number of carbonyl (C=O) groups excluding carboxylic acids is 2. The van der Waals surface area contributed by atoms with Gasteiger partial charge in [0, 0.05) is 17.1 Å². The largest absolute Gasteiger partial charge is 0.325 e. The number of rotatable bonds is 4. The Morgan fingerprint density at radius 1 is 0.846 bits per heavy atom. The highest BCUT2D eigenvalue weighted by Crippen LogP contribution is 2.20. The predicted octanol–water partition coefficient (Wildman–Crippen LogP) is 4.06. The monoisotopic (exact) mass is 376 g/mol. The number of anilines is 3. The maximum absolute atomic E-state index is 12.2. The molecule has 0 aromatic heterocycles. The topological polar surface area (TPSA) is 96.2 Å². The Kier molecular flexibility index (Phi) is 7.61. The first kappa shape index (κ1) is 21.5. The van der Waals surface area contributed by atoms with Gasteiger partial charge in [-0.15, -0.1) is 12.4 Å². The maximum Gasteiger partial charge on any atom is 0.323 e. The lowest BCUT2D eigenvalue weighted by atomic mass is 9.87. The number of nitrogens with one attached hydrogen (secondary N) is 3. The Balaban J connectivity index is 0.00000338. The van der Waals surface area contributed by atoms with Gasteiger partial charge in [-0.25, -0.2) is 4.79 Å². The molecule has 0 aliphatic carbocycles. The lowest BCUT2D eigenvalue weighted by Crippen LogP contribution is -2.45. The van der Waals surface area contributed by atoms with Crippen LogP contribution in [-0.2, 0) is 4.79 Å². The molecule has 0 heterocycles. The summed E-state index contributed by atoms with van der Waals surface area (Å²) in [4.78, 5) is 24.2. The SMILES string of the molecule is CC(C)(C)[C@H](N)C(=O)Nc1cccc(NC(=O)Nc2ccccc2)c1.Cl. The second-order valence-electron chi connectivity index (χ2n) is 6.86. The van der Waals surface area contributed by atoms with Gasteiger partial charge in [-0.3, -0.25) is 4.79 Å². The Bertz CT molecular complexity index is 745. The molecule has 0 saturated carbocycles. The summed E-state index contributed by atoms with van der Waals surface area (Å²) in [5, 5.41) is 8.24. The van der Waals surface area contributed by atoms with E-state index in [0.717, 1.165) is 0 Å². The molecule has 0 aliphatic heterocycles. The van der Waals surface area contributed by atoms with Crippen LogP contribution in [0.4, 0.5) is 21.9 Å². The number of hydrogen-bond donors (Lipinski definition) is 4. The van der Waals surface area contributed by atoms with Crippen LogP contribution in [0.1, 0.15) is 20.8 Å². The lowest BCUT2D eigenvalue weighted by Gasteiger charge is -2.25. The van der Waals surface area contributed by atoms with Crippen LogP contribution in [0.5, 0.6) is 0 Å². The summed E-state index contributed by atoms with van der Waals surface area (Å²) in [6.45, 7) is 5.72. The van der Waals surface area contributed by atoms with Gasteiger partial charge in [0.05, 0.1) is 6.04 Å². The molecule has 7 heteroatoms. The molecular weight excluding hydrogens is 352 g/mol. The van der Waals surface area contributed by atoms with E-state index in [-0.39, 0.29) is 29.8 Å². The minimum absolute atomic E-state index is 0. The highest BCUT2D eigenvalue weighted by Gasteiger charge is 2.27. The molecule has 2 aromatic carbocycles. The van der Waals surface area contributed by atoms with E-state index in [2.05, 4.69) is 16.0 Å². The van der Waals surface area contributed by atoms with Gasteiger partial charge in [-0.1, -0.05) is 45.0 Å². The summed E-state index contributed by atoms with van der Waals surface area (Å²) in [7, 11) is 0. The fraction of sp³-hybridized carbons (Fsp3) is 0.263. The van der Waals surface area contributed by atoms with Gasteiger partial charge in [-0.2, -0.15) is 0 Å². The van der Waals surface area contributed by atoms with Crippen molar-refractivity contribution in [3.63, 3.8) is 0 Å². The highest BCUT2D eigenvalue weighted by molar-refractivity contribution is 6.00. The van der Waals surface area contributed by atoms with Crippen molar-refractivity contribution < 1.29 is 9.59 Å². The van der Waals surface area contributed by atoms with Crippen molar-refractivity contribution in [1.82, 2.24) is 0 Å². The van der Waals surface area contributed by atoms with Crippen molar-refractivity contribution in [2.24, 2.45) is 11.1 Å². The molecule has 1 atom stereocenters. The van der Waals surface area contributed by atoms with Gasteiger partial charge in [-0.05, 0) is 35.7 Å². The molecule has 26 heavy (non-hydrogen) atoms. The second kappa shape index (κ2) is 9.22. The van der Waals surface area contributed by atoms with Crippen molar-refractivity contribution in [1.29, 1.82) is 0 Å². The minimum Gasteiger partial charge on any atom is -0.325 e. The van der Waals surface area contributed by atoms with E-state index in [1.165, 1.54) is 0 Å². The summed E-state index contributed by atoms with van der Waals surface area (Å²) >= 11 is 0. The molecule has 0 spiro atoms. The van der Waals surface area contributed by atoms with Gasteiger partial charge in [0.15, 0.2) is 0 Å². The second-order valence-corrected chi connectivity index (χ2v) is 6.86. The fourth-order valence-corrected chi connectivity index (χ4v) is 2.10. The van der Waals surface area contributed by atoms with Crippen LogP contribution in [-0.4, -0.2) is 18.0 Å². The third-order valence-electron chi connectivity index (χ3n) is 3.64. The van der Waals surface area contributed by atoms with Gasteiger partial charge in [0.2, 0.25) is 5.91 Å². The molecule has 0 aliphatic rings. The van der Waals surface area contributed by atoms with Crippen LogP contribution in [0.3, 0.4) is 0 Å². The third kappa shape index (κ3) is 6.38. The molecule has 0 bridgehead atoms. The Morgan fingerprint density at radius 2 is 1.35 bits per heavy atom. The Labute approximate surface area is 160 Å². The van der Waals surface area contributed by atoms with Crippen LogP contribution >= 0.6 is 12.4 Å². The van der Waals surface area contributed by atoms with Gasteiger partial charge in [0.25, 0.3) is 0 Å². The van der Waals surface area contributed by atoms with Gasteiger partial charge >= 0.3 is 6.03 Å². The van der Waals surface area contributed by atoms with Gasteiger partial charge in [0.1, 0.15) is 0 Å². The zero-order valence-corrected chi connectivity index (χ0v) is 15.9. The van der Waals surface area contributed by atoms with E-state index in [0.29, 0.717) is 17.1 Å². The predicted molar refractivity (Wildman–Crippen MR) is 109 cm³/mol. The summed E-state index contributed by atoms with van der Waals surface area (Å²) in [5.41, 5.74) is 7.45. The van der Waals surface area contributed by atoms with Crippen LogP contribution in [0.25, 0.3) is 0 Å². The van der Waals surface area contributed by atoms with Crippen molar-refractivity contribution in [3.8, 4) is 0 Å². The standard InChI is InChI=1S/C19H24N4O2.ClH/c1-19(2,3)16(20)17(24)21-14-10-7-11-15(12-14)23-18(25)22-13-8-5-4-6-9-13;/h4-12,16H,20H2,1-3H3,(H,21,24)(H2,22,23,25);1H/t16-;/m1./s1. The van der Waals surface area contributed by atoms with E-state index in [1.54, 1.807) is 36.4 Å². The maximum atomic E-state index is 12.2. The molecule has 3 amide bonds. The van der Waals surface area contributed by atoms with Crippen LogP contribution in [0, 0.1) is 5.41 Å². The van der Waals surface area contributed by atoms with Gasteiger partial charge < -0.3 is 21.7 Å². The first-order valence-corrected chi connectivity index (χ1v) is 8.05. The molecule has 140 valence electrons. The average molecular weight is 377 g/mol. The normalized spacial score (nSPS) is 11.7. The van der Waals surface area contributed by atoms with Crippen molar-refractivity contribution in [3.05, 3.63) is 54.6 Å². The number of urea groups is 1. The fourth-order valence-electron chi connectivity index (χ4n) is 2.10. The zero-order chi connectivity index (χ0) is 18.4. The van der Waals surface area contributed by atoms with E-state index < -0.39 is 6.04 Å². The number of carbonyl (C=O) groups is 2. The Morgan fingerprint density at radius 3 is 1.92 bits per heavy atom. The van der Waals surface area contributed by atoms with E-state index in [1.807, 2.05) is 39.0 Å². The number of hydrogen-bond acceptors (Lipinski definition) is 3. The molecule has 0 saturated heterocycles. The van der Waals surface area contributed by atoms with E-state index in [9.17, 15) is 9.59 Å². The first-order chi connectivity index (χ1) is 11.8. The number of nitrogens with two attached hydrogens (primary N) is 1. The number of halogens is 1. The van der Waals surface area contributed by atoms with Crippen LogP contribution < -0.4 is 21.7 Å². The Hall–Kier alpha value is -2.57.